The number of imidazole rings is 1. The van der Waals surface area contributed by atoms with Crippen LogP contribution in [0.4, 0.5) is 0 Å². The molecule has 0 saturated heterocycles. The first kappa shape index (κ1) is 17.3. The summed E-state index contributed by atoms with van der Waals surface area (Å²) < 4.78 is 0. The van der Waals surface area contributed by atoms with Crippen LogP contribution in [-0.2, 0) is 6.54 Å². The van der Waals surface area contributed by atoms with Gasteiger partial charge < -0.3 is 10.7 Å². The number of hydrogen-bond acceptors (Lipinski definition) is 5. The van der Waals surface area contributed by atoms with Crippen molar-refractivity contribution in [3.05, 3.63) is 72.6 Å². The Hall–Kier alpha value is -3.84. The summed E-state index contributed by atoms with van der Waals surface area (Å²) in [5.74, 6) is 0.726. The topological polar surface area (TPSA) is 109 Å². The number of nitrogens with one attached hydrogen (secondary N) is 2. The molecule has 4 N–H and O–H groups in total. The van der Waals surface area contributed by atoms with Gasteiger partial charge >= 0.3 is 0 Å². The molecule has 0 aliphatic heterocycles. The Balaban J connectivity index is 1.66. The van der Waals surface area contributed by atoms with Gasteiger partial charge in [-0.2, -0.15) is 5.10 Å². The molecule has 0 fully saturated rings. The highest BCUT2D eigenvalue weighted by Crippen LogP contribution is 2.32. The van der Waals surface area contributed by atoms with Crippen molar-refractivity contribution in [2.75, 3.05) is 0 Å². The number of pyridine rings is 2. The van der Waals surface area contributed by atoms with Gasteiger partial charge in [0.2, 0.25) is 0 Å². The normalized spacial score (nSPS) is 11.2. The van der Waals surface area contributed by atoms with Crippen LogP contribution in [0.2, 0.25) is 0 Å². The van der Waals surface area contributed by atoms with Crippen LogP contribution >= 0.6 is 0 Å². The van der Waals surface area contributed by atoms with Crippen molar-refractivity contribution in [3.63, 3.8) is 0 Å². The van der Waals surface area contributed by atoms with Gasteiger partial charge in [0.05, 0.1) is 35.3 Å². The Labute approximate surface area is 167 Å². The first-order valence-electron chi connectivity index (χ1n) is 9.33. The Morgan fingerprint density at radius 1 is 0.966 bits per heavy atom. The SMILES string of the molecule is Cc1cccc(-c2[nH]c(CN)nc2-c2ccc3ncc(-c4cn[nH]c4)cc3c2)n1. The summed E-state index contributed by atoms with van der Waals surface area (Å²) in [6.45, 7) is 2.31. The first-order valence-corrected chi connectivity index (χ1v) is 9.33. The van der Waals surface area contributed by atoms with E-state index in [1.165, 1.54) is 0 Å². The summed E-state index contributed by atoms with van der Waals surface area (Å²) in [5, 5.41) is 7.89. The zero-order chi connectivity index (χ0) is 19.8. The largest absolute Gasteiger partial charge is 0.339 e. The molecule has 0 unspecified atom stereocenters. The van der Waals surface area contributed by atoms with Gasteiger partial charge in [0, 0.05) is 40.2 Å². The average molecular weight is 381 g/mol. The second-order valence-corrected chi connectivity index (χ2v) is 6.89. The van der Waals surface area contributed by atoms with Gasteiger partial charge in [-0.05, 0) is 37.3 Å². The van der Waals surface area contributed by atoms with E-state index in [1.807, 2.05) is 49.6 Å². The van der Waals surface area contributed by atoms with E-state index in [-0.39, 0.29) is 0 Å². The lowest BCUT2D eigenvalue weighted by molar-refractivity contribution is 0.950. The second-order valence-electron chi connectivity index (χ2n) is 6.89. The second kappa shape index (κ2) is 6.96. The quantitative estimate of drug-likeness (QED) is 0.438. The average Bonchev–Trinajstić information content (AvgIpc) is 3.43. The molecule has 0 spiro atoms. The fraction of sp³-hybridized carbons (Fsp3) is 0.0909. The van der Waals surface area contributed by atoms with Crippen LogP contribution < -0.4 is 5.73 Å². The number of rotatable bonds is 4. The minimum atomic E-state index is 0.332. The van der Waals surface area contributed by atoms with Crippen LogP contribution in [0.25, 0.3) is 44.7 Å². The van der Waals surface area contributed by atoms with Crippen molar-refractivity contribution in [3.8, 4) is 33.8 Å². The standard InChI is InChI=1S/C22H19N7/c1-13-3-2-4-19(27-13)22-21(28-20(9-23)29-22)14-5-6-18-15(7-14)8-16(10-24-18)17-11-25-26-12-17/h2-8,10-12H,9,23H2,1H3,(H,25,26)(H,28,29). The number of benzene rings is 1. The molecule has 142 valence electrons. The predicted octanol–water partition coefficient (Wildman–Crippen LogP) is 3.84. The van der Waals surface area contributed by atoms with E-state index in [0.717, 1.165) is 56.2 Å². The summed E-state index contributed by atoms with van der Waals surface area (Å²) in [5.41, 5.74) is 13.3. The maximum Gasteiger partial charge on any atom is 0.121 e. The zero-order valence-corrected chi connectivity index (χ0v) is 15.8. The molecular weight excluding hydrogens is 362 g/mol. The Morgan fingerprint density at radius 2 is 1.86 bits per heavy atom. The lowest BCUT2D eigenvalue weighted by Crippen LogP contribution is -1.98. The van der Waals surface area contributed by atoms with Crippen molar-refractivity contribution < 1.29 is 0 Å². The minimum Gasteiger partial charge on any atom is -0.339 e. The molecule has 5 aromatic rings. The van der Waals surface area contributed by atoms with Crippen molar-refractivity contribution >= 4 is 10.9 Å². The van der Waals surface area contributed by atoms with E-state index in [2.05, 4.69) is 37.3 Å². The van der Waals surface area contributed by atoms with Crippen LogP contribution in [0.5, 0.6) is 0 Å². The van der Waals surface area contributed by atoms with Crippen LogP contribution in [0.1, 0.15) is 11.5 Å². The number of fused-ring (bicyclic) bond motifs is 1. The third-order valence-electron chi connectivity index (χ3n) is 4.88. The van der Waals surface area contributed by atoms with Gasteiger partial charge in [-0.1, -0.05) is 12.1 Å². The van der Waals surface area contributed by atoms with Gasteiger partial charge in [0.1, 0.15) is 5.82 Å². The Kier molecular flexibility index (Phi) is 4.14. The molecular formula is C22H19N7. The summed E-state index contributed by atoms with van der Waals surface area (Å²) in [6, 6.07) is 14.2. The number of aromatic nitrogens is 6. The molecule has 0 bridgehead atoms. The molecule has 0 aliphatic carbocycles. The Bertz CT molecular complexity index is 1300. The summed E-state index contributed by atoms with van der Waals surface area (Å²) >= 11 is 0. The van der Waals surface area contributed by atoms with Crippen LogP contribution in [-0.4, -0.2) is 30.1 Å². The molecule has 4 heterocycles. The van der Waals surface area contributed by atoms with E-state index >= 15 is 0 Å². The maximum absolute atomic E-state index is 5.85. The molecule has 0 amide bonds. The molecule has 7 heteroatoms. The number of aromatic amines is 2. The lowest BCUT2D eigenvalue weighted by atomic mass is 10.0. The van der Waals surface area contributed by atoms with Gasteiger partial charge in [-0.25, -0.2) is 4.98 Å². The zero-order valence-electron chi connectivity index (χ0n) is 15.8. The number of H-pyrrole nitrogens is 2. The maximum atomic E-state index is 5.85. The van der Waals surface area contributed by atoms with Crippen molar-refractivity contribution in [1.29, 1.82) is 0 Å². The van der Waals surface area contributed by atoms with Gasteiger partial charge in [-0.15, -0.1) is 0 Å². The van der Waals surface area contributed by atoms with E-state index in [9.17, 15) is 0 Å². The number of aryl methyl sites for hydroxylation is 1. The first-order chi connectivity index (χ1) is 14.2. The molecule has 0 aliphatic rings. The lowest BCUT2D eigenvalue weighted by Gasteiger charge is -2.06. The molecule has 5 rings (SSSR count). The summed E-state index contributed by atoms with van der Waals surface area (Å²) in [4.78, 5) is 17.3. The van der Waals surface area contributed by atoms with Gasteiger partial charge in [0.25, 0.3) is 0 Å². The summed E-state index contributed by atoms with van der Waals surface area (Å²) in [7, 11) is 0. The fourth-order valence-corrected chi connectivity index (χ4v) is 3.44. The third kappa shape index (κ3) is 3.17. The summed E-state index contributed by atoms with van der Waals surface area (Å²) in [6.07, 6.45) is 5.50. The Morgan fingerprint density at radius 3 is 2.66 bits per heavy atom. The van der Waals surface area contributed by atoms with Crippen LogP contribution in [0.15, 0.2) is 61.1 Å². The monoisotopic (exact) mass is 381 g/mol. The molecule has 0 radical (unpaired) electrons. The highest BCUT2D eigenvalue weighted by Gasteiger charge is 2.15. The smallest absolute Gasteiger partial charge is 0.121 e. The van der Waals surface area contributed by atoms with Gasteiger partial charge in [0.15, 0.2) is 0 Å². The van der Waals surface area contributed by atoms with E-state index in [1.54, 1.807) is 6.20 Å². The molecule has 4 aromatic heterocycles. The van der Waals surface area contributed by atoms with E-state index in [4.69, 9.17) is 10.7 Å². The van der Waals surface area contributed by atoms with Gasteiger partial charge in [-0.3, -0.25) is 15.1 Å². The van der Waals surface area contributed by atoms with Crippen LogP contribution in [0, 0.1) is 6.92 Å². The van der Waals surface area contributed by atoms with E-state index < -0.39 is 0 Å². The third-order valence-corrected chi connectivity index (χ3v) is 4.88. The predicted molar refractivity (Wildman–Crippen MR) is 113 cm³/mol. The number of hydrogen-bond donors (Lipinski definition) is 3. The number of nitrogens with zero attached hydrogens (tertiary/aromatic N) is 4. The molecule has 0 saturated carbocycles. The van der Waals surface area contributed by atoms with Crippen molar-refractivity contribution in [2.45, 2.75) is 13.5 Å². The number of nitrogens with two attached hydrogens (primary N) is 1. The van der Waals surface area contributed by atoms with Crippen LogP contribution in [0.3, 0.4) is 0 Å². The molecule has 29 heavy (non-hydrogen) atoms. The molecule has 7 nitrogen and oxygen atoms in total. The molecule has 0 atom stereocenters. The fourth-order valence-electron chi connectivity index (χ4n) is 3.44. The minimum absolute atomic E-state index is 0.332. The van der Waals surface area contributed by atoms with E-state index in [0.29, 0.717) is 6.54 Å². The highest BCUT2D eigenvalue weighted by molar-refractivity contribution is 5.89. The van der Waals surface area contributed by atoms with Crippen molar-refractivity contribution in [1.82, 2.24) is 30.1 Å². The highest BCUT2D eigenvalue weighted by atomic mass is 15.1. The van der Waals surface area contributed by atoms with Crippen molar-refractivity contribution in [2.24, 2.45) is 5.73 Å². The molecule has 1 aromatic carbocycles.